The van der Waals surface area contributed by atoms with Crippen LogP contribution in [0.25, 0.3) is 0 Å². The summed E-state index contributed by atoms with van der Waals surface area (Å²) in [5, 5.41) is 12.6. The van der Waals surface area contributed by atoms with Gasteiger partial charge in [0, 0.05) is 6.54 Å². The highest BCUT2D eigenvalue weighted by Gasteiger charge is 2.17. The maximum atomic E-state index is 11.6. The van der Waals surface area contributed by atoms with E-state index in [0.717, 1.165) is 22.4 Å². The van der Waals surface area contributed by atoms with E-state index < -0.39 is 12.0 Å². The lowest BCUT2D eigenvalue weighted by Crippen LogP contribution is -2.38. The first-order chi connectivity index (χ1) is 13.2. The molecule has 4 heteroatoms. The number of hydrogen-bond donors (Lipinski definition) is 2. The molecule has 0 aliphatic carbocycles. The van der Waals surface area contributed by atoms with Gasteiger partial charge in [-0.25, -0.2) is 0 Å². The van der Waals surface area contributed by atoms with Crippen molar-refractivity contribution in [3.8, 4) is 5.75 Å². The van der Waals surface area contributed by atoms with Crippen LogP contribution in [-0.2, 0) is 24.4 Å². The third kappa shape index (κ3) is 5.97. The highest BCUT2D eigenvalue weighted by atomic mass is 16.5. The summed E-state index contributed by atoms with van der Waals surface area (Å²) in [6.07, 6.45) is 0.418. The summed E-state index contributed by atoms with van der Waals surface area (Å²) in [4.78, 5) is 11.6. The zero-order valence-corrected chi connectivity index (χ0v) is 15.0. The first-order valence-electron chi connectivity index (χ1n) is 8.96. The van der Waals surface area contributed by atoms with Crippen LogP contribution in [0.2, 0.25) is 0 Å². The number of nitrogens with one attached hydrogen (secondary N) is 1. The molecule has 0 aliphatic heterocycles. The number of carboxylic acid groups (broad SMARTS) is 1. The molecule has 0 heterocycles. The summed E-state index contributed by atoms with van der Waals surface area (Å²) >= 11 is 0. The van der Waals surface area contributed by atoms with Gasteiger partial charge < -0.3 is 15.2 Å². The molecule has 3 aromatic carbocycles. The lowest BCUT2D eigenvalue weighted by molar-refractivity contribution is -0.139. The Morgan fingerprint density at radius 1 is 0.815 bits per heavy atom. The first-order valence-corrected chi connectivity index (χ1v) is 8.96. The van der Waals surface area contributed by atoms with Crippen molar-refractivity contribution in [1.82, 2.24) is 5.32 Å². The second-order valence-electron chi connectivity index (χ2n) is 6.38. The van der Waals surface area contributed by atoms with Gasteiger partial charge in [-0.1, -0.05) is 72.8 Å². The maximum Gasteiger partial charge on any atom is 0.321 e. The van der Waals surface area contributed by atoms with Gasteiger partial charge >= 0.3 is 5.97 Å². The van der Waals surface area contributed by atoms with Crippen LogP contribution >= 0.6 is 0 Å². The monoisotopic (exact) mass is 361 g/mol. The van der Waals surface area contributed by atoms with E-state index in [0.29, 0.717) is 19.6 Å². The fraction of sp³-hybridized carbons (Fsp3) is 0.174. The van der Waals surface area contributed by atoms with Gasteiger partial charge in [0.25, 0.3) is 0 Å². The van der Waals surface area contributed by atoms with E-state index in [1.807, 2.05) is 84.9 Å². The molecule has 27 heavy (non-hydrogen) atoms. The number of carboxylic acids is 1. The van der Waals surface area contributed by atoms with Crippen molar-refractivity contribution in [1.29, 1.82) is 0 Å². The van der Waals surface area contributed by atoms with Crippen molar-refractivity contribution in [3.63, 3.8) is 0 Å². The van der Waals surface area contributed by atoms with Gasteiger partial charge in [0.2, 0.25) is 0 Å². The van der Waals surface area contributed by atoms with E-state index in [1.165, 1.54) is 0 Å². The minimum Gasteiger partial charge on any atom is -0.489 e. The van der Waals surface area contributed by atoms with Crippen molar-refractivity contribution in [3.05, 3.63) is 102 Å². The van der Waals surface area contributed by atoms with Gasteiger partial charge in [-0.05, 0) is 35.2 Å². The summed E-state index contributed by atoms with van der Waals surface area (Å²) in [7, 11) is 0. The number of rotatable bonds is 9. The van der Waals surface area contributed by atoms with Crippen LogP contribution in [0.15, 0.2) is 84.9 Å². The molecule has 138 valence electrons. The standard InChI is InChI=1S/C23H23NO3/c25-23(26)22(24-16-19-7-3-1-4-8-19)15-18-11-13-21(14-12-18)27-17-20-9-5-2-6-10-20/h1-14,22,24H,15-17H2,(H,25,26)/t22-/m0/s1. The summed E-state index contributed by atoms with van der Waals surface area (Å²) in [5.41, 5.74) is 3.13. The lowest BCUT2D eigenvalue weighted by atomic mass is 10.1. The minimum atomic E-state index is -0.852. The Labute approximate surface area is 159 Å². The minimum absolute atomic E-state index is 0.418. The summed E-state index contributed by atoms with van der Waals surface area (Å²) in [6, 6.07) is 26.7. The maximum absolute atomic E-state index is 11.6. The zero-order chi connectivity index (χ0) is 18.9. The van der Waals surface area contributed by atoms with Crippen molar-refractivity contribution in [2.45, 2.75) is 25.6 Å². The molecule has 0 fully saturated rings. The predicted octanol–water partition coefficient (Wildman–Crippen LogP) is 4.05. The molecule has 1 atom stereocenters. The molecule has 0 spiro atoms. The van der Waals surface area contributed by atoms with Gasteiger partial charge in [-0.15, -0.1) is 0 Å². The molecule has 2 N–H and O–H groups in total. The summed E-state index contributed by atoms with van der Waals surface area (Å²) < 4.78 is 5.77. The molecule has 0 saturated heterocycles. The molecule has 0 unspecified atom stereocenters. The third-order valence-corrected chi connectivity index (χ3v) is 4.31. The Morgan fingerprint density at radius 2 is 1.41 bits per heavy atom. The second kappa shape index (κ2) is 9.55. The Bertz CT molecular complexity index is 833. The second-order valence-corrected chi connectivity index (χ2v) is 6.38. The Kier molecular flexibility index (Phi) is 6.61. The van der Waals surface area contributed by atoms with Gasteiger partial charge in [0.1, 0.15) is 18.4 Å². The van der Waals surface area contributed by atoms with Crippen LogP contribution < -0.4 is 10.1 Å². The fourth-order valence-corrected chi connectivity index (χ4v) is 2.78. The van der Waals surface area contributed by atoms with Gasteiger partial charge in [-0.3, -0.25) is 4.79 Å². The molecule has 3 rings (SSSR count). The van der Waals surface area contributed by atoms with Gasteiger partial charge in [-0.2, -0.15) is 0 Å². The van der Waals surface area contributed by atoms with Crippen LogP contribution in [0.1, 0.15) is 16.7 Å². The zero-order valence-electron chi connectivity index (χ0n) is 15.0. The SMILES string of the molecule is O=C(O)[C@H](Cc1ccc(OCc2ccccc2)cc1)NCc1ccccc1. The van der Waals surface area contributed by atoms with Crippen LogP contribution in [0, 0.1) is 0 Å². The molecule has 0 radical (unpaired) electrons. The van der Waals surface area contributed by atoms with Crippen molar-refractivity contribution < 1.29 is 14.6 Å². The lowest BCUT2D eigenvalue weighted by Gasteiger charge is -2.15. The normalized spacial score (nSPS) is 11.7. The molecule has 0 amide bonds. The largest absolute Gasteiger partial charge is 0.489 e. The van der Waals surface area contributed by atoms with Crippen molar-refractivity contribution >= 4 is 5.97 Å². The van der Waals surface area contributed by atoms with E-state index in [1.54, 1.807) is 0 Å². The van der Waals surface area contributed by atoms with E-state index >= 15 is 0 Å². The predicted molar refractivity (Wildman–Crippen MR) is 106 cm³/mol. The van der Waals surface area contributed by atoms with Crippen molar-refractivity contribution in [2.24, 2.45) is 0 Å². The summed E-state index contributed by atoms with van der Waals surface area (Å²) in [6.45, 7) is 1.03. The number of hydrogen-bond acceptors (Lipinski definition) is 3. The highest BCUT2D eigenvalue weighted by Crippen LogP contribution is 2.15. The van der Waals surface area contributed by atoms with Crippen LogP contribution in [0.5, 0.6) is 5.75 Å². The number of carbonyl (C=O) groups is 1. The van der Waals surface area contributed by atoms with Crippen LogP contribution in [-0.4, -0.2) is 17.1 Å². The van der Waals surface area contributed by atoms with E-state index in [-0.39, 0.29) is 0 Å². The van der Waals surface area contributed by atoms with E-state index in [9.17, 15) is 9.90 Å². The van der Waals surface area contributed by atoms with Gasteiger partial charge in [0.15, 0.2) is 0 Å². The molecular formula is C23H23NO3. The number of aliphatic carboxylic acids is 1. The van der Waals surface area contributed by atoms with E-state index in [2.05, 4.69) is 5.32 Å². The van der Waals surface area contributed by atoms with E-state index in [4.69, 9.17) is 4.74 Å². The number of ether oxygens (including phenoxy) is 1. The Hall–Kier alpha value is -3.11. The topological polar surface area (TPSA) is 58.6 Å². The smallest absolute Gasteiger partial charge is 0.321 e. The highest BCUT2D eigenvalue weighted by molar-refractivity contribution is 5.73. The third-order valence-electron chi connectivity index (χ3n) is 4.31. The number of benzene rings is 3. The average molecular weight is 361 g/mol. The summed E-state index contributed by atoms with van der Waals surface area (Å²) in [5.74, 6) is -0.0814. The van der Waals surface area contributed by atoms with Crippen LogP contribution in [0.3, 0.4) is 0 Å². The molecular weight excluding hydrogens is 338 g/mol. The molecule has 0 saturated carbocycles. The molecule has 3 aromatic rings. The van der Waals surface area contributed by atoms with Crippen LogP contribution in [0.4, 0.5) is 0 Å². The Balaban J connectivity index is 1.54. The molecule has 0 aliphatic rings. The van der Waals surface area contributed by atoms with Crippen molar-refractivity contribution in [2.75, 3.05) is 0 Å². The van der Waals surface area contributed by atoms with Gasteiger partial charge in [0.05, 0.1) is 0 Å². The first kappa shape index (κ1) is 18.7. The quantitative estimate of drug-likeness (QED) is 0.604. The molecule has 0 bridgehead atoms. The average Bonchev–Trinajstić information content (AvgIpc) is 2.72. The molecule has 4 nitrogen and oxygen atoms in total. The fourth-order valence-electron chi connectivity index (χ4n) is 2.78. The Morgan fingerprint density at radius 3 is 2.00 bits per heavy atom. The molecule has 0 aromatic heterocycles.